The zero-order valence-electron chi connectivity index (χ0n) is 37.2. The Kier molecular flexibility index (Phi) is 43.8. The van der Waals surface area contributed by atoms with Gasteiger partial charge >= 0.3 is 17.9 Å². The van der Waals surface area contributed by atoms with Gasteiger partial charge in [-0.25, -0.2) is 0 Å². The van der Waals surface area contributed by atoms with E-state index >= 15 is 0 Å². The lowest BCUT2D eigenvalue weighted by Gasteiger charge is -2.18. The lowest BCUT2D eigenvalue weighted by atomic mass is 10.0. The van der Waals surface area contributed by atoms with Gasteiger partial charge in [0.15, 0.2) is 6.10 Å². The van der Waals surface area contributed by atoms with E-state index < -0.39 is 6.10 Å². The molecule has 0 rings (SSSR count). The minimum Gasteiger partial charge on any atom is -0.462 e. The second kappa shape index (κ2) is 45.1. The Balaban J connectivity index is 4.28. The Hall–Kier alpha value is -1.59. The van der Waals surface area contributed by atoms with Crippen molar-refractivity contribution in [3.63, 3.8) is 0 Å². The lowest BCUT2D eigenvalue weighted by molar-refractivity contribution is -0.167. The molecule has 6 heteroatoms. The van der Waals surface area contributed by atoms with Gasteiger partial charge in [-0.1, -0.05) is 239 Å². The summed E-state index contributed by atoms with van der Waals surface area (Å²) in [7, 11) is 0. The van der Waals surface area contributed by atoms with Crippen LogP contribution in [0, 0.1) is 0 Å². The topological polar surface area (TPSA) is 78.9 Å². The summed E-state index contributed by atoms with van der Waals surface area (Å²) in [6.07, 6.45) is 46.5. The van der Waals surface area contributed by atoms with Gasteiger partial charge in [0.2, 0.25) is 0 Å². The molecule has 0 unspecified atom stereocenters. The van der Waals surface area contributed by atoms with Crippen LogP contribution in [0.3, 0.4) is 0 Å². The van der Waals surface area contributed by atoms with Crippen LogP contribution in [0.25, 0.3) is 0 Å². The molecule has 0 saturated heterocycles. The highest BCUT2D eigenvalue weighted by molar-refractivity contribution is 5.71. The number of ether oxygens (including phenoxy) is 3. The van der Waals surface area contributed by atoms with Crippen molar-refractivity contribution in [2.45, 2.75) is 284 Å². The van der Waals surface area contributed by atoms with E-state index in [0.717, 1.165) is 57.8 Å². The van der Waals surface area contributed by atoms with E-state index in [1.165, 1.54) is 180 Å². The van der Waals surface area contributed by atoms with Crippen molar-refractivity contribution in [1.82, 2.24) is 0 Å². The number of carbonyl (C=O) groups is 3. The maximum atomic E-state index is 12.7. The van der Waals surface area contributed by atoms with E-state index in [9.17, 15) is 14.4 Å². The minimum atomic E-state index is -0.758. The summed E-state index contributed by atoms with van der Waals surface area (Å²) in [5.74, 6) is -0.848. The molecule has 6 nitrogen and oxygen atoms in total. The third-order valence-corrected chi connectivity index (χ3v) is 11.1. The molecule has 0 spiro atoms. The summed E-state index contributed by atoms with van der Waals surface area (Å²) in [6, 6.07) is 0. The summed E-state index contributed by atoms with van der Waals surface area (Å²) in [5.41, 5.74) is 0. The van der Waals surface area contributed by atoms with Crippen LogP contribution in [0.1, 0.15) is 278 Å². The zero-order valence-corrected chi connectivity index (χ0v) is 37.2. The molecule has 1 atom stereocenters. The highest BCUT2D eigenvalue weighted by Gasteiger charge is 2.19. The first-order valence-electron chi connectivity index (χ1n) is 24.5. The Bertz CT molecular complexity index is 813. The van der Waals surface area contributed by atoms with E-state index in [2.05, 4.69) is 20.8 Å². The van der Waals surface area contributed by atoms with Crippen LogP contribution in [-0.4, -0.2) is 37.2 Å². The molecule has 0 amide bonds. The fourth-order valence-corrected chi connectivity index (χ4v) is 7.38. The van der Waals surface area contributed by atoms with Gasteiger partial charge in [0.25, 0.3) is 0 Å². The summed E-state index contributed by atoms with van der Waals surface area (Å²) in [4.78, 5) is 37.8. The first-order valence-corrected chi connectivity index (χ1v) is 24.5. The Labute approximate surface area is 342 Å². The minimum absolute atomic E-state index is 0.0623. The third-order valence-electron chi connectivity index (χ3n) is 11.1. The Morgan fingerprint density at radius 1 is 0.291 bits per heavy atom. The first kappa shape index (κ1) is 53.4. The van der Waals surface area contributed by atoms with Gasteiger partial charge < -0.3 is 14.2 Å². The maximum Gasteiger partial charge on any atom is 0.306 e. The van der Waals surface area contributed by atoms with Crippen LogP contribution >= 0.6 is 0 Å². The van der Waals surface area contributed by atoms with Crippen LogP contribution in [0.15, 0.2) is 0 Å². The zero-order chi connectivity index (χ0) is 40.1. The predicted octanol–water partition coefficient (Wildman–Crippen LogP) is 15.6. The summed E-state index contributed by atoms with van der Waals surface area (Å²) in [6.45, 7) is 6.65. The smallest absolute Gasteiger partial charge is 0.306 e. The van der Waals surface area contributed by atoms with Crippen molar-refractivity contribution in [3.05, 3.63) is 0 Å². The molecule has 55 heavy (non-hydrogen) atoms. The maximum absolute atomic E-state index is 12.7. The highest BCUT2D eigenvalue weighted by Crippen LogP contribution is 2.16. The van der Waals surface area contributed by atoms with Crippen molar-refractivity contribution in [3.8, 4) is 0 Å². The van der Waals surface area contributed by atoms with Crippen LogP contribution in [0.4, 0.5) is 0 Å². The fourth-order valence-electron chi connectivity index (χ4n) is 7.38. The molecule has 0 heterocycles. The first-order chi connectivity index (χ1) is 27.0. The Morgan fingerprint density at radius 3 is 0.727 bits per heavy atom. The molecule has 0 aliphatic carbocycles. The normalized spacial score (nSPS) is 11.8. The average Bonchev–Trinajstić information content (AvgIpc) is 3.18. The van der Waals surface area contributed by atoms with Gasteiger partial charge in [-0.15, -0.1) is 0 Å². The number of rotatable bonds is 45. The molecule has 0 aromatic carbocycles. The van der Waals surface area contributed by atoms with Crippen molar-refractivity contribution < 1.29 is 28.6 Å². The lowest BCUT2D eigenvalue weighted by Crippen LogP contribution is -2.30. The molecule has 0 fully saturated rings. The number of unbranched alkanes of at least 4 members (excludes halogenated alkanes) is 34. The third kappa shape index (κ3) is 43.4. The average molecular weight is 779 g/mol. The van der Waals surface area contributed by atoms with Gasteiger partial charge in [-0.3, -0.25) is 14.4 Å². The number of esters is 3. The summed E-state index contributed by atoms with van der Waals surface area (Å²) in [5, 5.41) is 0. The van der Waals surface area contributed by atoms with E-state index in [1.54, 1.807) is 0 Å². The second-order valence-electron chi connectivity index (χ2n) is 16.7. The van der Waals surface area contributed by atoms with Gasteiger partial charge in [-0.2, -0.15) is 0 Å². The highest BCUT2D eigenvalue weighted by atomic mass is 16.6. The van der Waals surface area contributed by atoms with Crippen molar-refractivity contribution in [1.29, 1.82) is 0 Å². The van der Waals surface area contributed by atoms with Crippen molar-refractivity contribution >= 4 is 17.9 Å². The number of carbonyl (C=O) groups excluding carboxylic acids is 3. The van der Waals surface area contributed by atoms with Crippen molar-refractivity contribution in [2.75, 3.05) is 13.2 Å². The molecule has 0 saturated carbocycles. The molecule has 326 valence electrons. The van der Waals surface area contributed by atoms with Crippen LogP contribution in [-0.2, 0) is 28.6 Å². The molecular weight excluding hydrogens is 685 g/mol. The molecule has 0 radical (unpaired) electrons. The Morgan fingerprint density at radius 2 is 0.491 bits per heavy atom. The predicted molar refractivity (Wildman–Crippen MR) is 233 cm³/mol. The molecule has 0 aromatic heterocycles. The van der Waals surface area contributed by atoms with E-state index in [-0.39, 0.29) is 31.1 Å². The van der Waals surface area contributed by atoms with Crippen LogP contribution in [0.5, 0.6) is 0 Å². The quantitative estimate of drug-likeness (QED) is 0.0348. The van der Waals surface area contributed by atoms with E-state index in [0.29, 0.717) is 19.3 Å². The fraction of sp³-hybridized carbons (Fsp3) is 0.939. The molecule has 0 aliphatic heterocycles. The van der Waals surface area contributed by atoms with Gasteiger partial charge in [0.05, 0.1) is 0 Å². The largest absolute Gasteiger partial charge is 0.462 e. The second-order valence-corrected chi connectivity index (χ2v) is 16.7. The number of hydrogen-bond acceptors (Lipinski definition) is 6. The van der Waals surface area contributed by atoms with E-state index in [1.807, 2.05) is 0 Å². The van der Waals surface area contributed by atoms with Crippen molar-refractivity contribution in [2.24, 2.45) is 0 Å². The van der Waals surface area contributed by atoms with Gasteiger partial charge in [0.1, 0.15) is 13.2 Å². The van der Waals surface area contributed by atoms with E-state index in [4.69, 9.17) is 14.2 Å². The summed E-state index contributed by atoms with van der Waals surface area (Å²) >= 11 is 0. The SMILES string of the molecule is CCCCCCCCCCCCCCCCC(=O)OC[C@H](COC(=O)CCCCCCCCCCC)OC(=O)CCCCCCCCCCCCCCCC. The van der Waals surface area contributed by atoms with Crippen LogP contribution < -0.4 is 0 Å². The monoisotopic (exact) mass is 779 g/mol. The molecular formula is C49H94O6. The molecule has 0 aliphatic rings. The van der Waals surface area contributed by atoms with Gasteiger partial charge in [-0.05, 0) is 19.3 Å². The molecule has 0 bridgehead atoms. The number of hydrogen-bond donors (Lipinski definition) is 0. The standard InChI is InChI=1S/C49H94O6/c1-4-7-10-13-16-19-21-23-25-27-30-33-36-39-42-48(51)54-45-46(44-53-47(50)41-38-35-32-29-18-15-12-9-6-3)55-49(52)43-40-37-34-31-28-26-24-22-20-17-14-11-8-5-2/h46H,4-45H2,1-3H3/t46-/m0/s1. The summed E-state index contributed by atoms with van der Waals surface area (Å²) < 4.78 is 16.7. The van der Waals surface area contributed by atoms with Crippen LogP contribution in [0.2, 0.25) is 0 Å². The molecule has 0 aromatic rings. The molecule has 0 N–H and O–H groups in total. The van der Waals surface area contributed by atoms with Gasteiger partial charge in [0, 0.05) is 19.3 Å².